The molecule has 0 aliphatic carbocycles. The zero-order valence-electron chi connectivity index (χ0n) is 15.4. The summed E-state index contributed by atoms with van der Waals surface area (Å²) < 4.78 is 5.08. The summed E-state index contributed by atoms with van der Waals surface area (Å²) in [4.78, 5) is 32.6. The maximum absolute atomic E-state index is 12.4. The average molecular weight is 376 g/mol. The van der Waals surface area contributed by atoms with Gasteiger partial charge in [-0.05, 0) is 42.8 Å². The topological polar surface area (TPSA) is 93.2 Å². The third-order valence-electron chi connectivity index (χ3n) is 3.90. The van der Waals surface area contributed by atoms with Gasteiger partial charge in [-0.15, -0.1) is 0 Å². The van der Waals surface area contributed by atoms with Gasteiger partial charge in [0.25, 0.3) is 5.91 Å². The minimum Gasteiger partial charge on any atom is -0.462 e. The number of carbonyl (C=O) groups is 2. The Morgan fingerprint density at radius 1 is 1.04 bits per heavy atom. The number of para-hydroxylation sites is 1. The lowest BCUT2D eigenvalue weighted by atomic mass is 10.1. The number of amides is 1. The van der Waals surface area contributed by atoms with Gasteiger partial charge in [0, 0.05) is 25.1 Å². The number of hydrogen-bond acceptors (Lipinski definition) is 6. The van der Waals surface area contributed by atoms with Crippen molar-refractivity contribution >= 4 is 23.3 Å². The molecule has 1 aromatic carbocycles. The summed E-state index contributed by atoms with van der Waals surface area (Å²) in [7, 11) is 0. The van der Waals surface area contributed by atoms with Gasteiger partial charge in [-0.25, -0.2) is 4.79 Å². The SMILES string of the molecule is CCOC(=O)c1ccccc1Nc1cncc(C(=O)NCc2ccncc2)c1. The Balaban J connectivity index is 1.72. The van der Waals surface area contributed by atoms with Crippen molar-refractivity contribution in [1.82, 2.24) is 15.3 Å². The van der Waals surface area contributed by atoms with Crippen LogP contribution in [0.15, 0.2) is 67.3 Å². The fraction of sp³-hybridized carbons (Fsp3) is 0.143. The molecule has 3 rings (SSSR count). The van der Waals surface area contributed by atoms with Crippen molar-refractivity contribution in [2.24, 2.45) is 0 Å². The standard InChI is InChI=1S/C21H20N4O3/c1-2-28-21(27)18-5-3-4-6-19(18)25-17-11-16(13-23-14-17)20(26)24-12-15-7-9-22-10-8-15/h3-11,13-14,25H,2,12H2,1H3,(H,24,26). The van der Waals surface area contributed by atoms with Gasteiger partial charge in [-0.2, -0.15) is 0 Å². The van der Waals surface area contributed by atoms with E-state index in [0.717, 1.165) is 5.56 Å². The molecule has 7 heteroatoms. The molecule has 0 fully saturated rings. The molecule has 0 unspecified atom stereocenters. The second-order valence-corrected chi connectivity index (χ2v) is 5.89. The van der Waals surface area contributed by atoms with Gasteiger partial charge in [-0.1, -0.05) is 12.1 Å². The Labute approximate surface area is 162 Å². The van der Waals surface area contributed by atoms with E-state index in [-0.39, 0.29) is 5.91 Å². The molecule has 142 valence electrons. The number of benzene rings is 1. The Morgan fingerprint density at radius 2 is 1.82 bits per heavy atom. The van der Waals surface area contributed by atoms with Crippen molar-refractivity contribution in [3.8, 4) is 0 Å². The van der Waals surface area contributed by atoms with E-state index in [1.807, 2.05) is 18.2 Å². The molecule has 28 heavy (non-hydrogen) atoms. The first-order chi connectivity index (χ1) is 13.7. The highest BCUT2D eigenvalue weighted by atomic mass is 16.5. The molecule has 1 amide bonds. The first kappa shape index (κ1) is 19.0. The molecule has 0 bridgehead atoms. The minimum atomic E-state index is -0.412. The molecule has 3 aromatic rings. The molecule has 0 saturated carbocycles. The molecule has 0 radical (unpaired) electrons. The Kier molecular flexibility index (Phi) is 6.30. The number of hydrogen-bond donors (Lipinski definition) is 2. The number of nitrogens with one attached hydrogen (secondary N) is 2. The summed E-state index contributed by atoms with van der Waals surface area (Å²) in [6, 6.07) is 12.4. The number of esters is 1. The number of carbonyl (C=O) groups excluding carboxylic acids is 2. The van der Waals surface area contributed by atoms with Crippen LogP contribution in [-0.4, -0.2) is 28.5 Å². The monoisotopic (exact) mass is 376 g/mol. The lowest BCUT2D eigenvalue weighted by Crippen LogP contribution is -2.23. The van der Waals surface area contributed by atoms with Crippen molar-refractivity contribution in [3.63, 3.8) is 0 Å². The third kappa shape index (κ3) is 4.91. The van der Waals surface area contributed by atoms with E-state index in [9.17, 15) is 9.59 Å². The average Bonchev–Trinajstić information content (AvgIpc) is 2.73. The predicted molar refractivity (Wildman–Crippen MR) is 105 cm³/mol. The number of nitrogens with zero attached hydrogens (tertiary/aromatic N) is 2. The fourth-order valence-corrected chi connectivity index (χ4v) is 2.55. The maximum Gasteiger partial charge on any atom is 0.340 e. The summed E-state index contributed by atoms with van der Waals surface area (Å²) >= 11 is 0. The summed E-state index contributed by atoms with van der Waals surface area (Å²) in [5, 5.41) is 5.97. The van der Waals surface area contributed by atoms with E-state index in [0.29, 0.717) is 35.7 Å². The minimum absolute atomic E-state index is 0.244. The second-order valence-electron chi connectivity index (χ2n) is 5.89. The Morgan fingerprint density at radius 3 is 2.61 bits per heavy atom. The van der Waals surface area contributed by atoms with E-state index >= 15 is 0 Å². The molecular formula is C21H20N4O3. The van der Waals surface area contributed by atoms with Gasteiger partial charge in [0.05, 0.1) is 35.3 Å². The van der Waals surface area contributed by atoms with Crippen LogP contribution in [0.3, 0.4) is 0 Å². The highest BCUT2D eigenvalue weighted by molar-refractivity contribution is 5.97. The van der Waals surface area contributed by atoms with Gasteiger partial charge in [0.1, 0.15) is 0 Å². The van der Waals surface area contributed by atoms with Crippen LogP contribution in [0.4, 0.5) is 11.4 Å². The van der Waals surface area contributed by atoms with E-state index in [4.69, 9.17) is 4.74 Å². The van der Waals surface area contributed by atoms with Crippen LogP contribution in [0.1, 0.15) is 33.2 Å². The third-order valence-corrected chi connectivity index (χ3v) is 3.90. The van der Waals surface area contributed by atoms with Gasteiger partial charge >= 0.3 is 5.97 Å². The molecule has 2 N–H and O–H groups in total. The van der Waals surface area contributed by atoms with E-state index in [1.165, 1.54) is 6.20 Å². The lowest BCUT2D eigenvalue weighted by molar-refractivity contribution is 0.0527. The number of aromatic nitrogens is 2. The van der Waals surface area contributed by atoms with Crippen molar-refractivity contribution in [2.75, 3.05) is 11.9 Å². The lowest BCUT2D eigenvalue weighted by Gasteiger charge is -2.12. The van der Waals surface area contributed by atoms with Crippen LogP contribution in [0.2, 0.25) is 0 Å². The highest BCUT2D eigenvalue weighted by Crippen LogP contribution is 2.22. The largest absolute Gasteiger partial charge is 0.462 e. The van der Waals surface area contributed by atoms with Crippen LogP contribution < -0.4 is 10.6 Å². The summed E-state index contributed by atoms with van der Waals surface area (Å²) in [5.74, 6) is -0.656. The van der Waals surface area contributed by atoms with Crippen molar-refractivity contribution < 1.29 is 14.3 Å². The Bertz CT molecular complexity index is 961. The summed E-state index contributed by atoms with van der Waals surface area (Å²) in [5.41, 5.74) is 2.95. The second kappa shape index (κ2) is 9.27. The molecule has 2 heterocycles. The molecule has 0 spiro atoms. The Hall–Kier alpha value is -3.74. The quantitative estimate of drug-likeness (QED) is 0.615. The molecule has 7 nitrogen and oxygen atoms in total. The molecule has 0 aliphatic rings. The van der Waals surface area contributed by atoms with Crippen molar-refractivity contribution in [2.45, 2.75) is 13.5 Å². The molecule has 0 aliphatic heterocycles. The van der Waals surface area contributed by atoms with Gasteiger partial charge in [0.15, 0.2) is 0 Å². The number of anilines is 2. The summed E-state index contributed by atoms with van der Waals surface area (Å²) in [6.07, 6.45) is 6.43. The van der Waals surface area contributed by atoms with Crippen LogP contribution in [0.25, 0.3) is 0 Å². The molecule has 0 saturated heterocycles. The van der Waals surface area contributed by atoms with Crippen LogP contribution in [0, 0.1) is 0 Å². The van der Waals surface area contributed by atoms with E-state index in [1.54, 1.807) is 49.8 Å². The van der Waals surface area contributed by atoms with Crippen LogP contribution in [-0.2, 0) is 11.3 Å². The van der Waals surface area contributed by atoms with Gasteiger partial charge in [-0.3, -0.25) is 14.8 Å². The van der Waals surface area contributed by atoms with Gasteiger partial charge in [0.2, 0.25) is 0 Å². The molecule has 2 aromatic heterocycles. The zero-order valence-corrected chi connectivity index (χ0v) is 15.4. The van der Waals surface area contributed by atoms with Crippen molar-refractivity contribution in [3.05, 3.63) is 83.9 Å². The first-order valence-corrected chi connectivity index (χ1v) is 8.82. The maximum atomic E-state index is 12.4. The van der Waals surface area contributed by atoms with Gasteiger partial charge < -0.3 is 15.4 Å². The van der Waals surface area contributed by atoms with E-state index < -0.39 is 5.97 Å². The number of pyridine rings is 2. The molecule has 0 atom stereocenters. The normalized spacial score (nSPS) is 10.2. The fourth-order valence-electron chi connectivity index (χ4n) is 2.55. The predicted octanol–water partition coefficient (Wildman–Crippen LogP) is 3.33. The van der Waals surface area contributed by atoms with Crippen LogP contribution in [0.5, 0.6) is 0 Å². The van der Waals surface area contributed by atoms with Crippen molar-refractivity contribution in [1.29, 1.82) is 0 Å². The summed E-state index contributed by atoms with van der Waals surface area (Å²) in [6.45, 7) is 2.44. The number of rotatable bonds is 7. The molecular weight excluding hydrogens is 356 g/mol. The first-order valence-electron chi connectivity index (χ1n) is 8.82. The zero-order chi connectivity index (χ0) is 19.8. The van der Waals surface area contributed by atoms with Crippen LogP contribution >= 0.6 is 0 Å². The van der Waals surface area contributed by atoms with E-state index in [2.05, 4.69) is 20.6 Å². The highest BCUT2D eigenvalue weighted by Gasteiger charge is 2.13. The smallest absolute Gasteiger partial charge is 0.340 e. The number of ether oxygens (including phenoxy) is 1.